The Labute approximate surface area is 102 Å². The van der Waals surface area contributed by atoms with Crippen LogP contribution in [0.2, 0.25) is 0 Å². The van der Waals surface area contributed by atoms with E-state index in [4.69, 9.17) is 4.74 Å². The molecular weight excluding hydrogens is 309 g/mol. The van der Waals surface area contributed by atoms with Gasteiger partial charge >= 0.3 is 0 Å². The summed E-state index contributed by atoms with van der Waals surface area (Å²) in [5, 5.41) is 4.16. The van der Waals surface area contributed by atoms with E-state index in [2.05, 4.69) is 27.7 Å². The predicted octanol–water partition coefficient (Wildman–Crippen LogP) is 0.497. The second kappa shape index (κ2) is 4.48. The van der Waals surface area contributed by atoms with Crippen molar-refractivity contribution in [2.45, 2.75) is 0 Å². The topological polar surface area (TPSA) is 47.4 Å². The smallest absolute Gasteiger partial charge is 0.275 e. The summed E-state index contributed by atoms with van der Waals surface area (Å²) in [6, 6.07) is 0. The Morgan fingerprint density at radius 3 is 2.73 bits per heavy atom. The van der Waals surface area contributed by atoms with Gasteiger partial charge in [0.15, 0.2) is 5.69 Å². The fourth-order valence-electron chi connectivity index (χ4n) is 1.52. The van der Waals surface area contributed by atoms with Crippen LogP contribution in [0.5, 0.6) is 0 Å². The molecule has 2 rings (SSSR count). The Kier molecular flexibility index (Phi) is 3.25. The van der Waals surface area contributed by atoms with Gasteiger partial charge in [-0.1, -0.05) is 0 Å². The van der Waals surface area contributed by atoms with E-state index in [1.807, 2.05) is 13.2 Å². The van der Waals surface area contributed by atoms with E-state index in [0.29, 0.717) is 32.0 Å². The first-order chi connectivity index (χ1) is 7.18. The molecule has 0 atom stereocenters. The first-order valence-electron chi connectivity index (χ1n) is 4.74. The molecule has 1 aromatic rings. The van der Waals surface area contributed by atoms with Gasteiger partial charge in [-0.05, 0) is 22.6 Å². The number of nitrogens with zero attached hydrogens (tertiary/aromatic N) is 3. The van der Waals surface area contributed by atoms with Crippen molar-refractivity contribution in [1.29, 1.82) is 0 Å². The maximum absolute atomic E-state index is 12.0. The van der Waals surface area contributed by atoms with Crippen LogP contribution in [0.25, 0.3) is 0 Å². The number of hydrogen-bond acceptors (Lipinski definition) is 3. The molecule has 0 spiro atoms. The summed E-state index contributed by atoms with van der Waals surface area (Å²) >= 11 is 2.13. The fraction of sp³-hybridized carbons (Fsp3) is 0.556. The molecule has 5 nitrogen and oxygen atoms in total. The van der Waals surface area contributed by atoms with Gasteiger partial charge in [0.25, 0.3) is 5.91 Å². The van der Waals surface area contributed by atoms with E-state index < -0.39 is 0 Å². The van der Waals surface area contributed by atoms with E-state index >= 15 is 0 Å². The zero-order valence-corrected chi connectivity index (χ0v) is 10.6. The largest absolute Gasteiger partial charge is 0.378 e. The molecule has 1 amide bonds. The Hall–Kier alpha value is -0.630. The number of carbonyl (C=O) groups excluding carboxylic acids is 1. The number of aryl methyl sites for hydroxylation is 1. The Morgan fingerprint density at radius 2 is 2.20 bits per heavy atom. The van der Waals surface area contributed by atoms with Gasteiger partial charge in [0.1, 0.15) is 0 Å². The third kappa shape index (κ3) is 2.31. The molecule has 0 N–H and O–H groups in total. The van der Waals surface area contributed by atoms with Gasteiger partial charge in [-0.15, -0.1) is 0 Å². The number of morpholine rings is 1. The molecule has 15 heavy (non-hydrogen) atoms. The minimum absolute atomic E-state index is 0.00306. The maximum Gasteiger partial charge on any atom is 0.275 e. The number of halogens is 1. The van der Waals surface area contributed by atoms with Crippen molar-refractivity contribution >= 4 is 28.5 Å². The Morgan fingerprint density at radius 1 is 1.53 bits per heavy atom. The quantitative estimate of drug-likeness (QED) is 0.708. The van der Waals surface area contributed by atoms with Gasteiger partial charge in [-0.2, -0.15) is 5.10 Å². The molecule has 0 aromatic carbocycles. The summed E-state index contributed by atoms with van der Waals surface area (Å²) < 4.78 is 7.76. The summed E-state index contributed by atoms with van der Waals surface area (Å²) in [6.07, 6.45) is 1.84. The summed E-state index contributed by atoms with van der Waals surface area (Å²) in [4.78, 5) is 13.8. The molecule has 0 aliphatic carbocycles. The van der Waals surface area contributed by atoms with Gasteiger partial charge < -0.3 is 9.64 Å². The van der Waals surface area contributed by atoms with Crippen LogP contribution in [0.15, 0.2) is 6.20 Å². The number of aromatic nitrogens is 2. The number of rotatable bonds is 1. The molecule has 1 saturated heterocycles. The van der Waals surface area contributed by atoms with Crippen LogP contribution in [0.3, 0.4) is 0 Å². The van der Waals surface area contributed by atoms with Gasteiger partial charge in [0.2, 0.25) is 0 Å². The van der Waals surface area contributed by atoms with Gasteiger partial charge in [0, 0.05) is 26.3 Å². The highest BCUT2D eigenvalue weighted by molar-refractivity contribution is 14.1. The molecule has 0 unspecified atom stereocenters. The minimum Gasteiger partial charge on any atom is -0.378 e. The maximum atomic E-state index is 12.0. The molecule has 1 aliphatic rings. The van der Waals surface area contributed by atoms with E-state index in [1.54, 1.807) is 9.58 Å². The summed E-state index contributed by atoms with van der Waals surface area (Å²) in [6.45, 7) is 2.56. The zero-order valence-electron chi connectivity index (χ0n) is 8.44. The highest BCUT2D eigenvalue weighted by Crippen LogP contribution is 2.13. The summed E-state index contributed by atoms with van der Waals surface area (Å²) in [5.74, 6) is 0.00306. The van der Waals surface area contributed by atoms with E-state index in [-0.39, 0.29) is 5.91 Å². The average Bonchev–Trinajstić information content (AvgIpc) is 2.58. The monoisotopic (exact) mass is 321 g/mol. The lowest BCUT2D eigenvalue weighted by molar-refractivity contribution is 0.0298. The van der Waals surface area contributed by atoms with E-state index in [1.165, 1.54) is 0 Å². The van der Waals surface area contributed by atoms with Gasteiger partial charge in [-0.3, -0.25) is 9.48 Å². The van der Waals surface area contributed by atoms with Crippen molar-refractivity contribution in [1.82, 2.24) is 14.7 Å². The third-order valence-corrected chi connectivity index (χ3v) is 3.07. The lowest BCUT2D eigenvalue weighted by atomic mass is 10.3. The molecule has 1 aromatic heterocycles. The second-order valence-corrected chi connectivity index (χ2v) is 4.57. The van der Waals surface area contributed by atoms with Crippen molar-refractivity contribution < 1.29 is 9.53 Å². The fourth-order valence-corrected chi connectivity index (χ4v) is 2.26. The molecule has 1 aliphatic heterocycles. The molecule has 1 fully saturated rings. The average molecular weight is 321 g/mol. The van der Waals surface area contributed by atoms with Crippen LogP contribution in [-0.2, 0) is 11.8 Å². The van der Waals surface area contributed by atoms with Gasteiger partial charge in [0.05, 0.1) is 16.8 Å². The lowest BCUT2D eigenvalue weighted by Gasteiger charge is -2.26. The second-order valence-electron chi connectivity index (χ2n) is 3.40. The van der Waals surface area contributed by atoms with Gasteiger partial charge in [-0.25, -0.2) is 0 Å². The molecule has 6 heteroatoms. The first kappa shape index (κ1) is 10.9. The van der Waals surface area contributed by atoms with Crippen molar-refractivity contribution in [3.63, 3.8) is 0 Å². The number of amides is 1. The van der Waals surface area contributed by atoms with Crippen molar-refractivity contribution in [2.75, 3.05) is 26.3 Å². The number of hydrogen-bond donors (Lipinski definition) is 0. The number of carbonyl (C=O) groups is 1. The molecule has 2 heterocycles. The molecule has 0 bridgehead atoms. The highest BCUT2D eigenvalue weighted by atomic mass is 127. The van der Waals surface area contributed by atoms with Crippen LogP contribution in [0.1, 0.15) is 10.5 Å². The molecule has 0 saturated carbocycles. The van der Waals surface area contributed by atoms with Crippen LogP contribution in [0, 0.1) is 3.57 Å². The molecule has 82 valence electrons. The standard InChI is InChI=1S/C9H12IN3O2/c1-12-6-7(10)8(11-12)9(14)13-2-4-15-5-3-13/h6H,2-5H2,1H3. The Bertz CT molecular complexity index is 371. The normalized spacial score (nSPS) is 16.8. The minimum atomic E-state index is 0.00306. The summed E-state index contributed by atoms with van der Waals surface area (Å²) in [5.41, 5.74) is 0.542. The third-order valence-electron chi connectivity index (χ3n) is 2.29. The SMILES string of the molecule is Cn1cc(I)c(C(=O)N2CCOCC2)n1. The lowest BCUT2D eigenvalue weighted by Crippen LogP contribution is -2.41. The predicted molar refractivity (Wildman–Crippen MR) is 62.6 cm³/mol. The van der Waals surface area contributed by atoms with Crippen LogP contribution in [0.4, 0.5) is 0 Å². The van der Waals surface area contributed by atoms with Crippen molar-refractivity contribution in [3.8, 4) is 0 Å². The number of ether oxygens (including phenoxy) is 1. The van der Waals surface area contributed by atoms with Crippen molar-refractivity contribution in [2.24, 2.45) is 7.05 Å². The zero-order chi connectivity index (χ0) is 10.8. The van der Waals surface area contributed by atoms with E-state index in [0.717, 1.165) is 3.57 Å². The van der Waals surface area contributed by atoms with E-state index in [9.17, 15) is 4.79 Å². The van der Waals surface area contributed by atoms with Crippen LogP contribution < -0.4 is 0 Å². The highest BCUT2D eigenvalue weighted by Gasteiger charge is 2.22. The molecular formula is C9H12IN3O2. The Balaban J connectivity index is 2.16. The summed E-state index contributed by atoms with van der Waals surface area (Å²) in [7, 11) is 1.82. The first-order valence-corrected chi connectivity index (χ1v) is 5.82. The van der Waals surface area contributed by atoms with Crippen LogP contribution in [-0.4, -0.2) is 46.9 Å². The van der Waals surface area contributed by atoms with Crippen molar-refractivity contribution in [3.05, 3.63) is 15.5 Å². The van der Waals surface area contributed by atoms with Crippen LogP contribution >= 0.6 is 22.6 Å². The molecule has 0 radical (unpaired) electrons.